The van der Waals surface area contributed by atoms with E-state index in [0.29, 0.717) is 17.7 Å². The number of piperidine rings is 1. The van der Waals surface area contributed by atoms with E-state index in [1.54, 1.807) is 12.3 Å². The fraction of sp³-hybridized carbons (Fsp3) is 0.667. The van der Waals surface area contributed by atoms with Gasteiger partial charge in [0.1, 0.15) is 5.82 Å². The highest BCUT2D eigenvalue weighted by Crippen LogP contribution is 2.34. The molecule has 3 heteroatoms. The fourth-order valence-corrected chi connectivity index (χ4v) is 2.70. The molecule has 1 aliphatic heterocycles. The summed E-state index contributed by atoms with van der Waals surface area (Å²) < 4.78 is 13.5. The predicted octanol–water partition coefficient (Wildman–Crippen LogP) is 3.48. The van der Waals surface area contributed by atoms with Crippen molar-refractivity contribution in [2.75, 3.05) is 13.1 Å². The first kappa shape index (κ1) is 13.5. The SMILES string of the molecule is CC(C)(C)C1CCN(Cc2ncccc2F)CC1. The highest BCUT2D eigenvalue weighted by molar-refractivity contribution is 5.07. The minimum atomic E-state index is -0.185. The van der Waals surface area contributed by atoms with Gasteiger partial charge in [0.15, 0.2) is 0 Å². The van der Waals surface area contributed by atoms with Gasteiger partial charge in [0.2, 0.25) is 0 Å². The Morgan fingerprint density at radius 1 is 1.33 bits per heavy atom. The summed E-state index contributed by atoms with van der Waals surface area (Å²) in [7, 11) is 0. The van der Waals surface area contributed by atoms with Gasteiger partial charge in [0.25, 0.3) is 0 Å². The van der Waals surface area contributed by atoms with E-state index in [9.17, 15) is 4.39 Å². The first-order valence-corrected chi connectivity index (χ1v) is 6.78. The number of likely N-dealkylation sites (tertiary alicyclic amines) is 1. The number of aromatic nitrogens is 1. The van der Waals surface area contributed by atoms with E-state index in [1.165, 1.54) is 18.9 Å². The van der Waals surface area contributed by atoms with Crippen LogP contribution in [0.5, 0.6) is 0 Å². The van der Waals surface area contributed by atoms with Crippen LogP contribution in [0.1, 0.15) is 39.3 Å². The summed E-state index contributed by atoms with van der Waals surface area (Å²) in [5.41, 5.74) is 0.967. The van der Waals surface area contributed by atoms with E-state index in [4.69, 9.17) is 0 Å². The van der Waals surface area contributed by atoms with Crippen LogP contribution in [0.15, 0.2) is 18.3 Å². The van der Waals surface area contributed by atoms with Crippen molar-refractivity contribution in [2.45, 2.75) is 40.2 Å². The van der Waals surface area contributed by atoms with Crippen molar-refractivity contribution >= 4 is 0 Å². The van der Waals surface area contributed by atoms with Gasteiger partial charge in [-0.25, -0.2) is 4.39 Å². The molecule has 0 N–H and O–H groups in total. The molecule has 0 aliphatic carbocycles. The van der Waals surface area contributed by atoms with Crippen molar-refractivity contribution in [2.24, 2.45) is 11.3 Å². The Labute approximate surface area is 109 Å². The zero-order valence-corrected chi connectivity index (χ0v) is 11.6. The molecule has 1 aromatic heterocycles. The number of halogens is 1. The van der Waals surface area contributed by atoms with Crippen molar-refractivity contribution < 1.29 is 4.39 Å². The van der Waals surface area contributed by atoms with Crippen molar-refractivity contribution in [3.05, 3.63) is 29.8 Å². The second-order valence-corrected chi connectivity index (χ2v) is 6.35. The van der Waals surface area contributed by atoms with Gasteiger partial charge in [-0.2, -0.15) is 0 Å². The molecule has 0 aromatic carbocycles. The normalized spacial score (nSPS) is 19.1. The van der Waals surface area contributed by atoms with Gasteiger partial charge < -0.3 is 0 Å². The van der Waals surface area contributed by atoms with Crippen LogP contribution in [0.4, 0.5) is 4.39 Å². The lowest BCUT2D eigenvalue weighted by molar-refractivity contribution is 0.106. The molecule has 0 unspecified atom stereocenters. The van der Waals surface area contributed by atoms with Gasteiger partial charge in [-0.15, -0.1) is 0 Å². The molecule has 0 spiro atoms. The molecule has 2 heterocycles. The molecular formula is C15H23FN2. The van der Waals surface area contributed by atoms with Crippen LogP contribution in [0.2, 0.25) is 0 Å². The van der Waals surface area contributed by atoms with Crippen LogP contribution < -0.4 is 0 Å². The van der Waals surface area contributed by atoms with Crippen LogP contribution in [0, 0.1) is 17.2 Å². The maximum atomic E-state index is 13.5. The molecule has 2 rings (SSSR count). The Bertz CT molecular complexity index is 390. The Kier molecular flexibility index (Phi) is 4.00. The summed E-state index contributed by atoms with van der Waals surface area (Å²) >= 11 is 0. The molecule has 100 valence electrons. The number of pyridine rings is 1. The molecule has 0 saturated carbocycles. The van der Waals surface area contributed by atoms with E-state index in [0.717, 1.165) is 19.0 Å². The second kappa shape index (κ2) is 5.35. The van der Waals surface area contributed by atoms with E-state index in [2.05, 4.69) is 30.7 Å². The maximum absolute atomic E-state index is 13.5. The molecule has 1 fully saturated rings. The highest BCUT2D eigenvalue weighted by atomic mass is 19.1. The summed E-state index contributed by atoms with van der Waals surface area (Å²) in [4.78, 5) is 6.44. The lowest BCUT2D eigenvalue weighted by Gasteiger charge is -2.38. The van der Waals surface area contributed by atoms with Gasteiger partial charge in [-0.05, 0) is 49.4 Å². The van der Waals surface area contributed by atoms with E-state index in [1.807, 2.05) is 0 Å². The van der Waals surface area contributed by atoms with Crippen molar-refractivity contribution in [1.82, 2.24) is 9.88 Å². The van der Waals surface area contributed by atoms with Crippen molar-refractivity contribution in [3.8, 4) is 0 Å². The average molecular weight is 250 g/mol. The number of rotatable bonds is 2. The van der Waals surface area contributed by atoms with Gasteiger partial charge in [0.05, 0.1) is 5.69 Å². The third-order valence-corrected chi connectivity index (χ3v) is 4.02. The number of nitrogens with zero attached hydrogens (tertiary/aromatic N) is 2. The van der Waals surface area contributed by atoms with Crippen LogP contribution in [-0.4, -0.2) is 23.0 Å². The fourth-order valence-electron chi connectivity index (χ4n) is 2.70. The third-order valence-electron chi connectivity index (χ3n) is 4.02. The average Bonchev–Trinajstić information content (AvgIpc) is 2.32. The molecular weight excluding hydrogens is 227 g/mol. The summed E-state index contributed by atoms with van der Waals surface area (Å²) in [6.07, 6.45) is 4.08. The predicted molar refractivity (Wildman–Crippen MR) is 71.7 cm³/mol. The minimum absolute atomic E-state index is 0.185. The van der Waals surface area contributed by atoms with Gasteiger partial charge >= 0.3 is 0 Å². The van der Waals surface area contributed by atoms with Gasteiger partial charge in [0, 0.05) is 12.7 Å². The lowest BCUT2D eigenvalue weighted by Crippen LogP contribution is -2.37. The largest absolute Gasteiger partial charge is 0.297 e. The second-order valence-electron chi connectivity index (χ2n) is 6.35. The molecule has 1 aromatic rings. The number of hydrogen-bond donors (Lipinski definition) is 0. The summed E-state index contributed by atoms with van der Waals surface area (Å²) in [6.45, 7) is 9.68. The van der Waals surface area contributed by atoms with Gasteiger partial charge in [-0.3, -0.25) is 9.88 Å². The Hall–Kier alpha value is -0.960. The number of hydrogen-bond acceptors (Lipinski definition) is 2. The zero-order chi connectivity index (χ0) is 13.2. The molecule has 1 aliphatic rings. The summed E-state index contributed by atoms with van der Waals surface area (Å²) in [5, 5.41) is 0. The smallest absolute Gasteiger partial charge is 0.146 e. The highest BCUT2D eigenvalue weighted by Gasteiger charge is 2.28. The van der Waals surface area contributed by atoms with Crippen LogP contribution in [-0.2, 0) is 6.54 Å². The molecule has 0 radical (unpaired) electrons. The topological polar surface area (TPSA) is 16.1 Å². The van der Waals surface area contributed by atoms with Crippen LogP contribution in [0.25, 0.3) is 0 Å². The zero-order valence-electron chi connectivity index (χ0n) is 11.6. The quantitative estimate of drug-likeness (QED) is 0.799. The molecule has 0 bridgehead atoms. The maximum Gasteiger partial charge on any atom is 0.146 e. The minimum Gasteiger partial charge on any atom is -0.297 e. The molecule has 0 atom stereocenters. The Morgan fingerprint density at radius 3 is 2.56 bits per heavy atom. The van der Waals surface area contributed by atoms with Gasteiger partial charge in [-0.1, -0.05) is 20.8 Å². The first-order chi connectivity index (χ1) is 8.47. The van der Waals surface area contributed by atoms with Crippen LogP contribution >= 0.6 is 0 Å². The van der Waals surface area contributed by atoms with E-state index < -0.39 is 0 Å². The monoisotopic (exact) mass is 250 g/mol. The standard InChI is InChI=1S/C15H23FN2/c1-15(2,3)12-6-9-18(10-7-12)11-14-13(16)5-4-8-17-14/h4-5,8,12H,6-7,9-11H2,1-3H3. The molecule has 2 nitrogen and oxygen atoms in total. The van der Waals surface area contributed by atoms with E-state index >= 15 is 0 Å². The van der Waals surface area contributed by atoms with E-state index in [-0.39, 0.29) is 5.82 Å². The van der Waals surface area contributed by atoms with Crippen molar-refractivity contribution in [3.63, 3.8) is 0 Å². The third kappa shape index (κ3) is 3.29. The molecule has 1 saturated heterocycles. The molecule has 18 heavy (non-hydrogen) atoms. The van der Waals surface area contributed by atoms with Crippen LogP contribution in [0.3, 0.4) is 0 Å². The lowest BCUT2D eigenvalue weighted by atomic mass is 9.75. The Morgan fingerprint density at radius 2 is 2.00 bits per heavy atom. The first-order valence-electron chi connectivity index (χ1n) is 6.78. The Balaban J connectivity index is 1.90. The molecule has 0 amide bonds. The summed E-state index contributed by atoms with van der Waals surface area (Å²) in [6, 6.07) is 3.13. The van der Waals surface area contributed by atoms with Crippen molar-refractivity contribution in [1.29, 1.82) is 0 Å². The summed E-state index contributed by atoms with van der Waals surface area (Å²) in [5.74, 6) is 0.595.